The number of aromatic nitrogens is 2. The molecule has 4 nitrogen and oxygen atoms in total. The van der Waals surface area contributed by atoms with Crippen molar-refractivity contribution in [3.8, 4) is 0 Å². The monoisotopic (exact) mass is 280 g/mol. The number of rotatable bonds is 4. The molecule has 0 saturated carbocycles. The summed E-state index contributed by atoms with van der Waals surface area (Å²) in [6.45, 7) is 0.255. The lowest BCUT2D eigenvalue weighted by Crippen LogP contribution is -2.14. The normalized spacial score (nSPS) is 10.2. The van der Waals surface area contributed by atoms with Crippen molar-refractivity contribution in [3.05, 3.63) is 53.6 Å². The first kappa shape index (κ1) is 13.3. The molecule has 98 valence electrons. The Hall–Kier alpha value is -2.15. The van der Waals surface area contributed by atoms with Crippen LogP contribution in [0.2, 0.25) is 0 Å². The number of nitrogens with two attached hydrogens (primary N) is 1. The summed E-state index contributed by atoms with van der Waals surface area (Å²) < 4.78 is 27.4. The van der Waals surface area contributed by atoms with E-state index in [9.17, 15) is 8.78 Å². The van der Waals surface area contributed by atoms with Crippen molar-refractivity contribution in [2.75, 3.05) is 5.32 Å². The molecule has 19 heavy (non-hydrogen) atoms. The van der Waals surface area contributed by atoms with Crippen LogP contribution in [0.1, 0.15) is 11.3 Å². The van der Waals surface area contributed by atoms with Crippen LogP contribution in [-0.2, 0) is 6.54 Å². The molecule has 1 heterocycles. The van der Waals surface area contributed by atoms with Crippen LogP contribution >= 0.6 is 12.2 Å². The third kappa shape index (κ3) is 3.00. The molecule has 0 aliphatic heterocycles. The third-order valence-electron chi connectivity index (χ3n) is 2.45. The molecule has 1 aromatic carbocycles. The highest BCUT2D eigenvalue weighted by Gasteiger charge is 2.14. The van der Waals surface area contributed by atoms with Gasteiger partial charge in [-0.25, -0.2) is 18.7 Å². The summed E-state index contributed by atoms with van der Waals surface area (Å²) in [6.07, 6.45) is 2.95. The summed E-state index contributed by atoms with van der Waals surface area (Å²) in [4.78, 5) is 7.54. The van der Waals surface area contributed by atoms with Gasteiger partial charge in [0.25, 0.3) is 0 Å². The number of anilines is 1. The number of hydrogen-bond acceptors (Lipinski definition) is 4. The molecule has 0 spiro atoms. The Morgan fingerprint density at radius 1 is 1.26 bits per heavy atom. The Bertz CT molecular complexity index is 604. The summed E-state index contributed by atoms with van der Waals surface area (Å²) in [5.74, 6) is -2.07. The van der Waals surface area contributed by atoms with Crippen LogP contribution in [0.5, 0.6) is 0 Å². The van der Waals surface area contributed by atoms with Gasteiger partial charge in [0.2, 0.25) is 0 Å². The second-order valence-electron chi connectivity index (χ2n) is 3.71. The number of nitrogens with one attached hydrogen (secondary N) is 1. The Morgan fingerprint density at radius 3 is 2.68 bits per heavy atom. The van der Waals surface area contributed by atoms with Gasteiger partial charge < -0.3 is 11.1 Å². The third-order valence-corrected chi connectivity index (χ3v) is 2.67. The largest absolute Gasteiger partial charge is 0.389 e. The molecule has 0 atom stereocenters. The molecule has 0 bridgehead atoms. The minimum Gasteiger partial charge on any atom is -0.389 e. The molecule has 0 radical (unpaired) electrons. The van der Waals surface area contributed by atoms with Crippen LogP contribution in [0.4, 0.5) is 14.5 Å². The van der Waals surface area contributed by atoms with Crippen LogP contribution < -0.4 is 11.1 Å². The van der Waals surface area contributed by atoms with Crippen molar-refractivity contribution >= 4 is 22.9 Å². The lowest BCUT2D eigenvalue weighted by atomic mass is 10.1. The van der Waals surface area contributed by atoms with Gasteiger partial charge in [-0.05, 0) is 18.2 Å². The first-order chi connectivity index (χ1) is 9.09. The van der Waals surface area contributed by atoms with Crippen LogP contribution in [0, 0.1) is 11.6 Å². The highest BCUT2D eigenvalue weighted by atomic mass is 32.1. The van der Waals surface area contributed by atoms with Gasteiger partial charge >= 0.3 is 0 Å². The highest BCUT2D eigenvalue weighted by Crippen LogP contribution is 2.21. The molecular weight excluding hydrogens is 270 g/mol. The standard InChI is InChI=1S/C12H10F2N4S/c13-10-8(12(15)19)1-2-9(11(10)14)17-5-7-3-4-16-6-18-7/h1-4,6,17H,5H2,(H2,15,19). The molecule has 2 aromatic rings. The van der Waals surface area contributed by atoms with Gasteiger partial charge in [0.15, 0.2) is 11.6 Å². The lowest BCUT2D eigenvalue weighted by Gasteiger charge is -2.09. The zero-order chi connectivity index (χ0) is 13.8. The van der Waals surface area contributed by atoms with E-state index in [2.05, 4.69) is 27.5 Å². The fourth-order valence-corrected chi connectivity index (χ4v) is 1.64. The maximum atomic E-state index is 13.7. The zero-order valence-corrected chi connectivity index (χ0v) is 10.5. The van der Waals surface area contributed by atoms with Crippen LogP contribution in [0.3, 0.4) is 0 Å². The highest BCUT2D eigenvalue weighted by molar-refractivity contribution is 7.80. The molecule has 0 fully saturated rings. The molecule has 1 aromatic heterocycles. The van der Waals surface area contributed by atoms with Gasteiger partial charge in [0, 0.05) is 11.8 Å². The van der Waals surface area contributed by atoms with E-state index in [4.69, 9.17) is 5.73 Å². The molecule has 0 saturated heterocycles. The van der Waals surface area contributed by atoms with Crippen LogP contribution in [-0.4, -0.2) is 15.0 Å². The van der Waals surface area contributed by atoms with E-state index in [0.29, 0.717) is 5.69 Å². The van der Waals surface area contributed by atoms with Gasteiger partial charge in [-0.2, -0.15) is 0 Å². The van der Waals surface area contributed by atoms with Gasteiger partial charge in [-0.15, -0.1) is 0 Å². The van der Waals surface area contributed by atoms with E-state index < -0.39 is 11.6 Å². The first-order valence-electron chi connectivity index (χ1n) is 5.36. The minimum absolute atomic E-state index is 0.0242. The lowest BCUT2D eigenvalue weighted by molar-refractivity contribution is 0.509. The number of nitrogens with zero attached hydrogens (tertiary/aromatic N) is 2. The molecule has 0 amide bonds. The maximum Gasteiger partial charge on any atom is 0.182 e. The Labute approximate surface area is 113 Å². The fourth-order valence-electron chi connectivity index (χ4n) is 1.48. The molecule has 2 rings (SSSR count). The van der Waals surface area contributed by atoms with Gasteiger partial charge in [0.05, 0.1) is 17.9 Å². The summed E-state index contributed by atoms with van der Waals surface area (Å²) in [7, 11) is 0. The smallest absolute Gasteiger partial charge is 0.182 e. The zero-order valence-electron chi connectivity index (χ0n) is 9.73. The van der Waals surface area contributed by atoms with Crippen molar-refractivity contribution in [1.82, 2.24) is 9.97 Å². The van der Waals surface area contributed by atoms with Gasteiger partial charge in [-0.3, -0.25) is 0 Å². The molecule has 0 unspecified atom stereocenters. The van der Waals surface area contributed by atoms with Crippen molar-refractivity contribution in [1.29, 1.82) is 0 Å². The number of thiocarbonyl (C=S) groups is 1. The Balaban J connectivity index is 2.18. The van der Waals surface area contributed by atoms with Crippen molar-refractivity contribution < 1.29 is 8.78 Å². The summed E-state index contributed by atoms with van der Waals surface area (Å²) in [6, 6.07) is 4.39. The van der Waals surface area contributed by atoms with Crippen LogP contribution in [0.15, 0.2) is 30.7 Å². The fraction of sp³-hybridized carbons (Fsp3) is 0.0833. The van der Waals surface area contributed by atoms with Crippen molar-refractivity contribution in [2.45, 2.75) is 6.54 Å². The van der Waals surface area contributed by atoms with E-state index in [1.165, 1.54) is 18.5 Å². The molecule has 0 aliphatic carbocycles. The summed E-state index contributed by atoms with van der Waals surface area (Å²) in [5.41, 5.74) is 5.86. The molecule has 3 N–H and O–H groups in total. The SMILES string of the molecule is NC(=S)c1ccc(NCc2ccncn2)c(F)c1F. The average Bonchev–Trinajstić information content (AvgIpc) is 2.41. The molecule has 0 aliphatic rings. The quantitative estimate of drug-likeness (QED) is 0.839. The van der Waals surface area contributed by atoms with Crippen molar-refractivity contribution in [3.63, 3.8) is 0 Å². The predicted octanol–water partition coefficient (Wildman–Crippen LogP) is 2.00. The van der Waals surface area contributed by atoms with Gasteiger partial charge in [-0.1, -0.05) is 12.2 Å². The Kier molecular flexibility index (Phi) is 3.96. The van der Waals surface area contributed by atoms with E-state index in [1.54, 1.807) is 12.3 Å². The van der Waals surface area contributed by atoms with Gasteiger partial charge in [0.1, 0.15) is 11.3 Å². The average molecular weight is 280 g/mol. The second kappa shape index (κ2) is 5.66. The topological polar surface area (TPSA) is 63.8 Å². The van der Waals surface area contributed by atoms with Crippen molar-refractivity contribution in [2.24, 2.45) is 5.73 Å². The number of hydrogen-bond donors (Lipinski definition) is 2. The molecular formula is C12H10F2N4S. The van der Waals surface area contributed by atoms with Crippen LogP contribution in [0.25, 0.3) is 0 Å². The van der Waals surface area contributed by atoms with E-state index >= 15 is 0 Å². The minimum atomic E-state index is -1.06. The summed E-state index contributed by atoms with van der Waals surface area (Å²) in [5, 5.41) is 2.75. The first-order valence-corrected chi connectivity index (χ1v) is 5.77. The maximum absolute atomic E-state index is 13.7. The second-order valence-corrected chi connectivity index (χ2v) is 4.15. The van der Waals surface area contributed by atoms with E-state index in [-0.39, 0.29) is 22.8 Å². The molecule has 7 heteroatoms. The Morgan fingerprint density at radius 2 is 2.05 bits per heavy atom. The number of halogens is 2. The van der Waals surface area contributed by atoms with E-state index in [1.807, 2.05) is 0 Å². The summed E-state index contributed by atoms with van der Waals surface area (Å²) >= 11 is 4.63. The predicted molar refractivity (Wildman–Crippen MR) is 71.6 cm³/mol. The van der Waals surface area contributed by atoms with E-state index in [0.717, 1.165) is 0 Å². The number of benzene rings is 1.